The summed E-state index contributed by atoms with van der Waals surface area (Å²) in [6.07, 6.45) is -4.52. The first-order valence-corrected chi connectivity index (χ1v) is 4.80. The van der Waals surface area contributed by atoms with Gasteiger partial charge in [0.2, 0.25) is 0 Å². The van der Waals surface area contributed by atoms with E-state index >= 15 is 0 Å². The zero-order valence-electron chi connectivity index (χ0n) is 8.97. The molecule has 0 aromatic heterocycles. The second-order valence-corrected chi connectivity index (χ2v) is 3.03. The fourth-order valence-corrected chi connectivity index (χ4v) is 1.12. The zero-order valence-corrected chi connectivity index (χ0v) is 8.97. The Morgan fingerprint density at radius 1 is 1.35 bits per heavy atom. The van der Waals surface area contributed by atoms with Crippen LogP contribution in [-0.4, -0.2) is 12.6 Å². The first kappa shape index (κ1) is 13.3. The monoisotopic (exact) mass is 248 g/mol. The third-order valence-corrected chi connectivity index (χ3v) is 1.79. The Labute approximate surface area is 95.7 Å². The van der Waals surface area contributed by atoms with E-state index in [-0.39, 0.29) is 12.3 Å². The van der Waals surface area contributed by atoms with Crippen LogP contribution >= 0.6 is 0 Å². The molecule has 0 fully saturated rings. The lowest BCUT2D eigenvalue weighted by molar-refractivity contribution is -0.136. The Balaban J connectivity index is 2.81. The lowest BCUT2D eigenvalue weighted by atomic mass is 10.2. The van der Waals surface area contributed by atoms with E-state index in [0.717, 1.165) is 12.1 Å². The smallest absolute Gasteiger partial charge is 0.306 e. The lowest BCUT2D eigenvalue weighted by Crippen LogP contribution is -2.29. The molecule has 0 saturated carbocycles. The van der Waals surface area contributed by atoms with Crippen LogP contribution in [0.2, 0.25) is 0 Å². The molecular formula is C10H11F3N2O2. The number of urea groups is 1. The highest BCUT2D eigenvalue weighted by molar-refractivity contribution is 5.89. The molecule has 0 bridgehead atoms. The second-order valence-electron chi connectivity index (χ2n) is 3.03. The van der Waals surface area contributed by atoms with Crippen molar-refractivity contribution in [3.63, 3.8) is 0 Å². The molecule has 0 heterocycles. The number of benzene rings is 1. The normalized spacial score (nSPS) is 11.1. The molecule has 4 nitrogen and oxygen atoms in total. The SMILES string of the molecule is CCONC(=O)Nc1ccccc1C(F)(F)F. The first-order chi connectivity index (χ1) is 7.95. The predicted molar refractivity (Wildman–Crippen MR) is 55.2 cm³/mol. The molecule has 0 aliphatic heterocycles. The van der Waals surface area contributed by atoms with E-state index in [1.807, 2.05) is 5.48 Å². The minimum absolute atomic E-state index is 0.217. The van der Waals surface area contributed by atoms with E-state index in [1.54, 1.807) is 6.92 Å². The highest BCUT2D eigenvalue weighted by Crippen LogP contribution is 2.34. The van der Waals surface area contributed by atoms with Gasteiger partial charge >= 0.3 is 12.2 Å². The summed E-state index contributed by atoms with van der Waals surface area (Å²) in [7, 11) is 0. The van der Waals surface area contributed by atoms with Crippen molar-refractivity contribution in [3.05, 3.63) is 29.8 Å². The van der Waals surface area contributed by atoms with Crippen LogP contribution in [0.5, 0.6) is 0 Å². The number of hydroxylamine groups is 1. The Bertz CT molecular complexity index is 393. The third kappa shape index (κ3) is 3.95. The second kappa shape index (κ2) is 5.53. The molecule has 1 aromatic carbocycles. The van der Waals surface area contributed by atoms with Crippen molar-refractivity contribution in [1.29, 1.82) is 0 Å². The van der Waals surface area contributed by atoms with Crippen LogP contribution in [0.25, 0.3) is 0 Å². The number of nitrogens with one attached hydrogen (secondary N) is 2. The van der Waals surface area contributed by atoms with E-state index < -0.39 is 17.8 Å². The van der Waals surface area contributed by atoms with Crippen LogP contribution in [0, 0.1) is 0 Å². The van der Waals surface area contributed by atoms with E-state index in [0.29, 0.717) is 0 Å². The van der Waals surface area contributed by atoms with Gasteiger partial charge in [0.05, 0.1) is 17.9 Å². The third-order valence-electron chi connectivity index (χ3n) is 1.79. The molecule has 0 atom stereocenters. The van der Waals surface area contributed by atoms with Gasteiger partial charge in [0.15, 0.2) is 0 Å². The van der Waals surface area contributed by atoms with Gasteiger partial charge in [-0.25, -0.2) is 10.3 Å². The molecular weight excluding hydrogens is 237 g/mol. The lowest BCUT2D eigenvalue weighted by Gasteiger charge is -2.13. The van der Waals surface area contributed by atoms with Gasteiger partial charge < -0.3 is 5.32 Å². The highest BCUT2D eigenvalue weighted by atomic mass is 19.4. The molecule has 0 aliphatic rings. The van der Waals surface area contributed by atoms with Crippen LogP contribution in [0.3, 0.4) is 0 Å². The number of carbonyl (C=O) groups is 1. The van der Waals surface area contributed by atoms with Gasteiger partial charge in [-0.15, -0.1) is 0 Å². The largest absolute Gasteiger partial charge is 0.418 e. The number of rotatable bonds is 3. The Kier molecular flexibility index (Phi) is 4.33. The fourth-order valence-electron chi connectivity index (χ4n) is 1.12. The van der Waals surface area contributed by atoms with Crippen molar-refractivity contribution >= 4 is 11.7 Å². The van der Waals surface area contributed by atoms with Gasteiger partial charge in [-0.1, -0.05) is 12.1 Å². The Morgan fingerprint density at radius 3 is 2.59 bits per heavy atom. The van der Waals surface area contributed by atoms with Crippen LogP contribution in [0.15, 0.2) is 24.3 Å². The van der Waals surface area contributed by atoms with E-state index in [1.165, 1.54) is 12.1 Å². The van der Waals surface area contributed by atoms with Gasteiger partial charge in [0.25, 0.3) is 0 Å². The molecule has 0 spiro atoms. The van der Waals surface area contributed by atoms with Crippen molar-refractivity contribution in [2.75, 3.05) is 11.9 Å². The minimum atomic E-state index is -4.52. The maximum absolute atomic E-state index is 12.5. The van der Waals surface area contributed by atoms with Crippen LogP contribution in [-0.2, 0) is 11.0 Å². The molecule has 94 valence electrons. The molecule has 2 amide bonds. The van der Waals surface area contributed by atoms with E-state index in [2.05, 4.69) is 10.2 Å². The van der Waals surface area contributed by atoms with Crippen molar-refractivity contribution in [2.45, 2.75) is 13.1 Å². The molecule has 2 N–H and O–H groups in total. The van der Waals surface area contributed by atoms with Crippen molar-refractivity contribution in [2.24, 2.45) is 0 Å². The molecule has 1 rings (SSSR count). The average Bonchev–Trinajstić information content (AvgIpc) is 2.25. The number of hydrogen-bond donors (Lipinski definition) is 2. The van der Waals surface area contributed by atoms with Crippen LogP contribution in [0.1, 0.15) is 12.5 Å². The van der Waals surface area contributed by atoms with Gasteiger partial charge in [0, 0.05) is 0 Å². The number of amides is 2. The molecule has 0 unspecified atom stereocenters. The summed E-state index contributed by atoms with van der Waals surface area (Å²) in [6.45, 7) is 1.85. The summed E-state index contributed by atoms with van der Waals surface area (Å²) in [4.78, 5) is 15.7. The maximum atomic E-state index is 12.5. The molecule has 0 aliphatic carbocycles. The fraction of sp³-hybridized carbons (Fsp3) is 0.300. The van der Waals surface area contributed by atoms with Gasteiger partial charge in [0.1, 0.15) is 0 Å². The molecule has 0 radical (unpaired) electrons. The van der Waals surface area contributed by atoms with E-state index in [4.69, 9.17) is 0 Å². The highest BCUT2D eigenvalue weighted by Gasteiger charge is 2.33. The average molecular weight is 248 g/mol. The maximum Gasteiger partial charge on any atom is 0.418 e. The Hall–Kier alpha value is -1.76. The van der Waals surface area contributed by atoms with E-state index in [9.17, 15) is 18.0 Å². The van der Waals surface area contributed by atoms with Crippen LogP contribution < -0.4 is 10.8 Å². The summed E-state index contributed by atoms with van der Waals surface area (Å²) in [6, 6.07) is 3.83. The summed E-state index contributed by atoms with van der Waals surface area (Å²) < 4.78 is 37.6. The quantitative estimate of drug-likeness (QED) is 0.808. The van der Waals surface area contributed by atoms with Crippen LogP contribution in [0.4, 0.5) is 23.7 Å². The first-order valence-electron chi connectivity index (χ1n) is 4.80. The number of carbonyl (C=O) groups excluding carboxylic acids is 1. The van der Waals surface area contributed by atoms with Crippen molar-refractivity contribution < 1.29 is 22.8 Å². The summed E-state index contributed by atoms with van der Waals surface area (Å²) >= 11 is 0. The molecule has 1 aromatic rings. The summed E-state index contributed by atoms with van der Waals surface area (Å²) in [5, 5.41) is 2.06. The summed E-state index contributed by atoms with van der Waals surface area (Å²) in [5.41, 5.74) is 0.710. The van der Waals surface area contributed by atoms with Gasteiger partial charge in [-0.2, -0.15) is 13.2 Å². The predicted octanol–water partition coefficient (Wildman–Crippen LogP) is 2.78. The van der Waals surface area contributed by atoms with Crippen molar-refractivity contribution in [3.8, 4) is 0 Å². The van der Waals surface area contributed by atoms with Crippen molar-refractivity contribution in [1.82, 2.24) is 5.48 Å². The zero-order chi connectivity index (χ0) is 12.9. The number of halogens is 3. The number of hydrogen-bond acceptors (Lipinski definition) is 2. The van der Waals surface area contributed by atoms with Gasteiger partial charge in [-0.05, 0) is 19.1 Å². The Morgan fingerprint density at radius 2 is 2.00 bits per heavy atom. The minimum Gasteiger partial charge on any atom is -0.306 e. The molecule has 0 saturated heterocycles. The number of alkyl halides is 3. The molecule has 7 heteroatoms. The standard InChI is InChI=1S/C10H11F3N2O2/c1-2-17-15-9(16)14-8-6-4-3-5-7(8)10(11,12)13/h3-6H,2H2,1H3,(H2,14,15,16). The molecule has 17 heavy (non-hydrogen) atoms. The summed E-state index contributed by atoms with van der Waals surface area (Å²) in [5.74, 6) is 0. The number of para-hydroxylation sites is 1. The number of anilines is 1. The topological polar surface area (TPSA) is 50.4 Å². The van der Waals surface area contributed by atoms with Gasteiger partial charge in [-0.3, -0.25) is 4.84 Å².